The third kappa shape index (κ3) is 2.38. The Labute approximate surface area is 107 Å². The van der Waals surface area contributed by atoms with E-state index in [9.17, 15) is 4.79 Å². The van der Waals surface area contributed by atoms with Crippen molar-refractivity contribution in [3.8, 4) is 0 Å². The van der Waals surface area contributed by atoms with E-state index in [-0.39, 0.29) is 16.5 Å². The fourth-order valence-corrected chi connectivity index (χ4v) is 1.78. The molecular formula is C11H7Cl2N3O. The number of ketones is 1. The Kier molecular flexibility index (Phi) is 3.26. The van der Waals surface area contributed by atoms with Crippen molar-refractivity contribution in [3.05, 3.63) is 53.0 Å². The molecule has 17 heavy (non-hydrogen) atoms. The number of aromatic nitrogens is 3. The van der Waals surface area contributed by atoms with Crippen LogP contribution in [0.3, 0.4) is 0 Å². The van der Waals surface area contributed by atoms with Gasteiger partial charge in [0.1, 0.15) is 18.4 Å². The Balaban J connectivity index is 2.35. The third-order valence-electron chi connectivity index (χ3n) is 2.13. The number of allylic oxidation sites excluding steroid dienone is 1. The van der Waals surface area contributed by atoms with Gasteiger partial charge in [0, 0.05) is 10.6 Å². The zero-order chi connectivity index (χ0) is 12.4. The molecule has 1 aromatic carbocycles. The number of hydrogen-bond acceptors (Lipinski definition) is 3. The Morgan fingerprint density at radius 2 is 2.12 bits per heavy atom. The second-order valence-electron chi connectivity index (χ2n) is 3.24. The lowest BCUT2D eigenvalue weighted by Crippen LogP contribution is -2.09. The quantitative estimate of drug-likeness (QED) is 0.635. The van der Waals surface area contributed by atoms with Crippen LogP contribution >= 0.6 is 23.2 Å². The van der Waals surface area contributed by atoms with E-state index >= 15 is 0 Å². The molecule has 0 bridgehead atoms. The summed E-state index contributed by atoms with van der Waals surface area (Å²) in [5.74, 6) is -0.322. The smallest absolute Gasteiger partial charge is 0.212 e. The molecule has 0 fully saturated rings. The van der Waals surface area contributed by atoms with E-state index < -0.39 is 0 Å². The Bertz CT molecular complexity index is 578. The van der Waals surface area contributed by atoms with E-state index in [0.29, 0.717) is 10.6 Å². The number of hydrogen-bond donors (Lipinski definition) is 0. The van der Waals surface area contributed by atoms with Gasteiger partial charge in [0.05, 0.1) is 5.02 Å². The molecule has 0 aliphatic rings. The second kappa shape index (κ2) is 4.69. The third-order valence-corrected chi connectivity index (χ3v) is 2.68. The zero-order valence-electron chi connectivity index (χ0n) is 8.60. The molecule has 0 N–H and O–H groups in total. The van der Waals surface area contributed by atoms with E-state index in [4.69, 9.17) is 23.2 Å². The van der Waals surface area contributed by atoms with Crippen molar-refractivity contribution in [3.63, 3.8) is 0 Å². The van der Waals surface area contributed by atoms with Gasteiger partial charge in [0.15, 0.2) is 0 Å². The van der Waals surface area contributed by atoms with Crippen LogP contribution in [0.2, 0.25) is 10.0 Å². The van der Waals surface area contributed by atoms with E-state index in [1.165, 1.54) is 23.4 Å². The first kappa shape index (κ1) is 11.8. The first-order valence-corrected chi connectivity index (χ1v) is 5.39. The molecule has 6 heteroatoms. The number of Topliss-reactive ketones (excluding diaryl/α,β-unsaturated/α-hetero) is 1. The fraction of sp³-hybridized carbons (Fsp3) is 0. The SMILES string of the molecule is C=C(C(=O)c1ccc(Cl)cc1Cl)n1cncn1. The van der Waals surface area contributed by atoms with E-state index in [1.807, 2.05) is 0 Å². The van der Waals surface area contributed by atoms with Crippen LogP contribution in [0.15, 0.2) is 37.4 Å². The van der Waals surface area contributed by atoms with Gasteiger partial charge in [-0.2, -0.15) is 5.10 Å². The maximum absolute atomic E-state index is 12.1. The summed E-state index contributed by atoms with van der Waals surface area (Å²) in [7, 11) is 0. The highest BCUT2D eigenvalue weighted by atomic mass is 35.5. The standard InChI is InChI=1S/C11H7Cl2N3O/c1-7(16-6-14-5-15-16)11(17)9-3-2-8(12)4-10(9)13/h2-6H,1H2. The molecule has 1 heterocycles. The van der Waals surface area contributed by atoms with Crippen LogP contribution in [0.1, 0.15) is 10.4 Å². The molecular weight excluding hydrogens is 261 g/mol. The summed E-state index contributed by atoms with van der Waals surface area (Å²) in [5.41, 5.74) is 0.503. The lowest BCUT2D eigenvalue weighted by atomic mass is 10.1. The monoisotopic (exact) mass is 267 g/mol. The van der Waals surface area contributed by atoms with Gasteiger partial charge in [0.25, 0.3) is 0 Å². The van der Waals surface area contributed by atoms with Crippen LogP contribution in [-0.2, 0) is 0 Å². The summed E-state index contributed by atoms with van der Waals surface area (Å²) < 4.78 is 1.28. The van der Waals surface area contributed by atoms with Gasteiger partial charge in [-0.15, -0.1) is 0 Å². The van der Waals surface area contributed by atoms with Crippen molar-refractivity contribution in [2.75, 3.05) is 0 Å². The van der Waals surface area contributed by atoms with Crippen LogP contribution in [0, 0.1) is 0 Å². The lowest BCUT2D eigenvalue weighted by molar-refractivity contribution is 0.105. The minimum Gasteiger partial charge on any atom is -0.287 e. The van der Waals surface area contributed by atoms with Gasteiger partial charge < -0.3 is 0 Å². The average Bonchev–Trinajstić information content (AvgIpc) is 2.80. The summed E-state index contributed by atoms with van der Waals surface area (Å²) in [5, 5.41) is 4.58. The lowest BCUT2D eigenvalue weighted by Gasteiger charge is -2.06. The van der Waals surface area contributed by atoms with Gasteiger partial charge in [0.2, 0.25) is 5.78 Å². The molecule has 4 nitrogen and oxygen atoms in total. The van der Waals surface area contributed by atoms with Crippen molar-refractivity contribution in [1.82, 2.24) is 14.8 Å². The number of carbonyl (C=O) groups is 1. The van der Waals surface area contributed by atoms with Crippen molar-refractivity contribution < 1.29 is 4.79 Å². The summed E-state index contributed by atoms with van der Waals surface area (Å²) in [6, 6.07) is 4.65. The highest BCUT2D eigenvalue weighted by Crippen LogP contribution is 2.23. The van der Waals surface area contributed by atoms with Gasteiger partial charge in [-0.05, 0) is 18.2 Å². The fourth-order valence-electron chi connectivity index (χ4n) is 1.28. The topological polar surface area (TPSA) is 47.8 Å². The molecule has 86 valence electrons. The maximum atomic E-state index is 12.1. The van der Waals surface area contributed by atoms with E-state index in [1.54, 1.807) is 12.1 Å². The molecule has 2 aromatic rings. The van der Waals surface area contributed by atoms with Crippen molar-refractivity contribution in [1.29, 1.82) is 0 Å². The maximum Gasteiger partial charge on any atom is 0.212 e. The number of nitrogens with zero attached hydrogens (tertiary/aromatic N) is 3. The molecule has 0 atom stereocenters. The van der Waals surface area contributed by atoms with Crippen molar-refractivity contribution in [2.24, 2.45) is 0 Å². The highest BCUT2D eigenvalue weighted by Gasteiger charge is 2.15. The second-order valence-corrected chi connectivity index (χ2v) is 4.08. The summed E-state index contributed by atoms with van der Waals surface area (Å²) in [6.45, 7) is 3.66. The molecule has 0 aliphatic carbocycles. The molecule has 0 spiro atoms. The van der Waals surface area contributed by atoms with E-state index in [2.05, 4.69) is 16.7 Å². The Morgan fingerprint density at radius 3 is 2.71 bits per heavy atom. The van der Waals surface area contributed by atoms with Crippen LogP contribution in [0.4, 0.5) is 0 Å². The van der Waals surface area contributed by atoms with Gasteiger partial charge in [-0.1, -0.05) is 29.8 Å². The molecule has 0 saturated heterocycles. The van der Waals surface area contributed by atoms with Gasteiger partial charge in [-0.3, -0.25) is 4.79 Å². The highest BCUT2D eigenvalue weighted by molar-refractivity contribution is 6.39. The molecule has 0 saturated carbocycles. The van der Waals surface area contributed by atoms with Gasteiger partial charge >= 0.3 is 0 Å². The predicted octanol–water partition coefficient (Wildman–Crippen LogP) is 2.94. The number of carbonyl (C=O) groups excluding carboxylic acids is 1. The van der Waals surface area contributed by atoms with Crippen LogP contribution in [0.5, 0.6) is 0 Å². The number of halogens is 2. The molecule has 2 rings (SSSR count). The Hall–Kier alpha value is -1.65. The largest absolute Gasteiger partial charge is 0.287 e. The van der Waals surface area contributed by atoms with Gasteiger partial charge in [-0.25, -0.2) is 9.67 Å². The zero-order valence-corrected chi connectivity index (χ0v) is 10.1. The first-order chi connectivity index (χ1) is 8.09. The molecule has 0 amide bonds. The summed E-state index contributed by atoms with van der Waals surface area (Å²) >= 11 is 11.7. The first-order valence-electron chi connectivity index (χ1n) is 4.63. The normalized spacial score (nSPS) is 10.2. The average molecular weight is 268 g/mol. The van der Waals surface area contributed by atoms with Crippen LogP contribution in [0.25, 0.3) is 5.70 Å². The summed E-state index contributed by atoms with van der Waals surface area (Å²) in [6.07, 6.45) is 2.71. The van der Waals surface area contributed by atoms with Crippen molar-refractivity contribution >= 4 is 34.7 Å². The molecule has 0 unspecified atom stereocenters. The van der Waals surface area contributed by atoms with Crippen LogP contribution < -0.4 is 0 Å². The molecule has 0 aliphatic heterocycles. The molecule has 1 aromatic heterocycles. The summed E-state index contributed by atoms with van der Waals surface area (Å²) in [4.78, 5) is 15.8. The van der Waals surface area contributed by atoms with Crippen molar-refractivity contribution in [2.45, 2.75) is 0 Å². The minimum absolute atomic E-state index is 0.173. The number of rotatable bonds is 3. The number of benzene rings is 1. The Morgan fingerprint density at radius 1 is 1.35 bits per heavy atom. The molecule has 0 radical (unpaired) electrons. The predicted molar refractivity (Wildman–Crippen MR) is 66.1 cm³/mol. The van der Waals surface area contributed by atoms with Crippen LogP contribution in [-0.4, -0.2) is 20.5 Å². The minimum atomic E-state index is -0.322. The van der Waals surface area contributed by atoms with E-state index in [0.717, 1.165) is 0 Å².